The number of hydrogen-bond donors (Lipinski definition) is 0. The Morgan fingerprint density at radius 1 is 1.09 bits per heavy atom. The fraction of sp³-hybridized carbons (Fsp3) is 0.320. The molecule has 1 saturated heterocycles. The predicted octanol–water partition coefficient (Wildman–Crippen LogP) is 4.37. The average Bonchev–Trinajstić information content (AvgIpc) is 3.44. The molecule has 1 amide bonds. The van der Waals surface area contributed by atoms with Crippen LogP contribution in [0.5, 0.6) is 5.88 Å². The molecule has 1 aliphatic rings. The molecule has 4 heterocycles. The standard InChI is InChI=1S/C25H26N4O3/c1-17-18(2)29(15-19-7-4-3-5-8-19)23-22(17)24(27-16-26-23)32-20-10-12-28(13-11-20)25(30)21-9-6-14-31-21/h3-9,14,16,20H,10-13,15H2,1-2H3. The maximum absolute atomic E-state index is 12.5. The van der Waals surface area contributed by atoms with E-state index >= 15 is 0 Å². The Bertz CT molecular complexity index is 1220. The maximum atomic E-state index is 12.5. The van der Waals surface area contributed by atoms with E-state index in [-0.39, 0.29) is 12.0 Å². The molecule has 3 aromatic heterocycles. The third-order valence-corrected chi connectivity index (χ3v) is 6.29. The Morgan fingerprint density at radius 3 is 2.59 bits per heavy atom. The van der Waals surface area contributed by atoms with Gasteiger partial charge in [0.2, 0.25) is 5.88 Å². The number of benzene rings is 1. The Morgan fingerprint density at radius 2 is 1.88 bits per heavy atom. The second-order valence-corrected chi connectivity index (χ2v) is 8.25. The summed E-state index contributed by atoms with van der Waals surface area (Å²) in [5.41, 5.74) is 4.41. The zero-order valence-electron chi connectivity index (χ0n) is 18.3. The summed E-state index contributed by atoms with van der Waals surface area (Å²) in [4.78, 5) is 23.4. The molecular weight excluding hydrogens is 404 g/mol. The first kappa shape index (κ1) is 20.3. The number of aryl methyl sites for hydroxylation is 1. The summed E-state index contributed by atoms with van der Waals surface area (Å²) in [5, 5.41) is 0.968. The molecule has 0 atom stereocenters. The highest BCUT2D eigenvalue weighted by atomic mass is 16.5. The van der Waals surface area contributed by atoms with Gasteiger partial charge in [-0.3, -0.25) is 4.79 Å². The number of amides is 1. The molecule has 5 rings (SSSR count). The number of carbonyl (C=O) groups is 1. The second-order valence-electron chi connectivity index (χ2n) is 8.25. The van der Waals surface area contributed by atoms with Crippen molar-refractivity contribution in [3.05, 3.63) is 77.6 Å². The molecule has 0 bridgehead atoms. The molecule has 0 radical (unpaired) electrons. The topological polar surface area (TPSA) is 73.4 Å². The number of piperidine rings is 1. The van der Waals surface area contributed by atoms with Gasteiger partial charge in [0.05, 0.1) is 11.6 Å². The fourth-order valence-electron chi connectivity index (χ4n) is 4.38. The lowest BCUT2D eigenvalue weighted by Gasteiger charge is -2.31. The molecule has 164 valence electrons. The van der Waals surface area contributed by atoms with Crippen molar-refractivity contribution in [1.82, 2.24) is 19.4 Å². The van der Waals surface area contributed by atoms with Crippen molar-refractivity contribution in [2.75, 3.05) is 13.1 Å². The third-order valence-electron chi connectivity index (χ3n) is 6.29. The van der Waals surface area contributed by atoms with Gasteiger partial charge in [-0.2, -0.15) is 0 Å². The summed E-state index contributed by atoms with van der Waals surface area (Å²) in [6.07, 6.45) is 4.61. The van der Waals surface area contributed by atoms with Gasteiger partial charge in [0.25, 0.3) is 5.91 Å². The number of likely N-dealkylation sites (tertiary alicyclic amines) is 1. The van der Waals surface area contributed by atoms with E-state index in [1.807, 2.05) is 11.0 Å². The predicted molar refractivity (Wildman–Crippen MR) is 121 cm³/mol. The molecule has 7 heteroatoms. The lowest BCUT2D eigenvalue weighted by molar-refractivity contribution is 0.0562. The summed E-state index contributed by atoms with van der Waals surface area (Å²) in [7, 11) is 0. The number of hydrogen-bond acceptors (Lipinski definition) is 5. The molecule has 4 aromatic rings. The van der Waals surface area contributed by atoms with Crippen molar-refractivity contribution in [3.63, 3.8) is 0 Å². The number of carbonyl (C=O) groups excluding carboxylic acids is 1. The van der Waals surface area contributed by atoms with Crippen molar-refractivity contribution in [2.24, 2.45) is 0 Å². The van der Waals surface area contributed by atoms with Crippen LogP contribution in [0.25, 0.3) is 11.0 Å². The number of rotatable bonds is 5. The van der Waals surface area contributed by atoms with Crippen LogP contribution in [0.15, 0.2) is 59.5 Å². The fourth-order valence-corrected chi connectivity index (χ4v) is 4.38. The first-order chi connectivity index (χ1) is 15.6. The van der Waals surface area contributed by atoms with Crippen molar-refractivity contribution in [2.45, 2.75) is 39.3 Å². The SMILES string of the molecule is Cc1c(C)n(Cc2ccccc2)c2ncnc(OC3CCN(C(=O)c4ccco4)CC3)c12. The van der Waals surface area contributed by atoms with Crippen LogP contribution < -0.4 is 4.74 Å². The van der Waals surface area contributed by atoms with Gasteiger partial charge in [-0.1, -0.05) is 30.3 Å². The number of aromatic nitrogens is 3. The van der Waals surface area contributed by atoms with Crippen LogP contribution in [-0.2, 0) is 6.54 Å². The van der Waals surface area contributed by atoms with E-state index in [4.69, 9.17) is 9.15 Å². The molecule has 0 spiro atoms. The summed E-state index contributed by atoms with van der Waals surface area (Å²) in [6.45, 7) is 6.22. The Labute approximate surface area is 186 Å². The highest BCUT2D eigenvalue weighted by Gasteiger charge is 2.27. The average molecular weight is 431 g/mol. The molecule has 1 aromatic carbocycles. The minimum absolute atomic E-state index is 0.00549. The number of fused-ring (bicyclic) bond motifs is 1. The molecule has 0 aliphatic carbocycles. The normalized spacial score (nSPS) is 14.8. The maximum Gasteiger partial charge on any atom is 0.289 e. The highest BCUT2D eigenvalue weighted by molar-refractivity contribution is 5.91. The quantitative estimate of drug-likeness (QED) is 0.470. The molecule has 1 fully saturated rings. The van der Waals surface area contributed by atoms with Gasteiger partial charge in [0.15, 0.2) is 5.76 Å². The van der Waals surface area contributed by atoms with Gasteiger partial charge in [0.1, 0.15) is 18.1 Å². The van der Waals surface area contributed by atoms with E-state index in [9.17, 15) is 4.79 Å². The van der Waals surface area contributed by atoms with Gasteiger partial charge in [0, 0.05) is 38.2 Å². The lowest BCUT2D eigenvalue weighted by Crippen LogP contribution is -2.41. The Kier molecular flexibility index (Phi) is 5.39. The van der Waals surface area contributed by atoms with Crippen LogP contribution in [0.3, 0.4) is 0 Å². The van der Waals surface area contributed by atoms with Crippen molar-refractivity contribution in [3.8, 4) is 5.88 Å². The van der Waals surface area contributed by atoms with Crippen molar-refractivity contribution < 1.29 is 13.9 Å². The number of furan rings is 1. The van der Waals surface area contributed by atoms with Crippen LogP contribution in [0.2, 0.25) is 0 Å². The van der Waals surface area contributed by atoms with Gasteiger partial charge in [-0.25, -0.2) is 9.97 Å². The van der Waals surface area contributed by atoms with Gasteiger partial charge in [-0.05, 0) is 37.1 Å². The first-order valence-corrected chi connectivity index (χ1v) is 11.0. The summed E-state index contributed by atoms with van der Waals surface area (Å²) >= 11 is 0. The minimum atomic E-state index is -0.0673. The molecule has 0 saturated carbocycles. The smallest absolute Gasteiger partial charge is 0.289 e. The van der Waals surface area contributed by atoms with Gasteiger partial charge in [-0.15, -0.1) is 0 Å². The molecule has 1 aliphatic heterocycles. The number of nitrogens with zero attached hydrogens (tertiary/aromatic N) is 4. The third kappa shape index (κ3) is 3.75. The van der Waals surface area contributed by atoms with Gasteiger partial charge < -0.3 is 18.6 Å². The van der Waals surface area contributed by atoms with Crippen LogP contribution in [0.1, 0.15) is 40.2 Å². The van der Waals surface area contributed by atoms with E-state index in [1.54, 1.807) is 18.5 Å². The van der Waals surface area contributed by atoms with E-state index in [0.29, 0.717) is 24.7 Å². The Balaban J connectivity index is 1.34. The summed E-state index contributed by atoms with van der Waals surface area (Å²) < 4.78 is 13.8. The van der Waals surface area contributed by atoms with Gasteiger partial charge >= 0.3 is 0 Å². The van der Waals surface area contributed by atoms with Crippen molar-refractivity contribution >= 4 is 16.9 Å². The van der Waals surface area contributed by atoms with Crippen LogP contribution in [0.4, 0.5) is 0 Å². The van der Waals surface area contributed by atoms with Crippen molar-refractivity contribution in [1.29, 1.82) is 0 Å². The molecule has 0 N–H and O–H groups in total. The van der Waals surface area contributed by atoms with Crippen LogP contribution in [0, 0.1) is 13.8 Å². The molecule has 7 nitrogen and oxygen atoms in total. The van der Waals surface area contributed by atoms with E-state index in [0.717, 1.165) is 41.7 Å². The largest absolute Gasteiger partial charge is 0.474 e. The molecule has 32 heavy (non-hydrogen) atoms. The zero-order chi connectivity index (χ0) is 22.1. The molecule has 0 unspecified atom stereocenters. The lowest BCUT2D eigenvalue weighted by atomic mass is 10.1. The van der Waals surface area contributed by atoms with E-state index in [1.165, 1.54) is 11.8 Å². The van der Waals surface area contributed by atoms with E-state index in [2.05, 4.69) is 52.6 Å². The van der Waals surface area contributed by atoms with Crippen LogP contribution >= 0.6 is 0 Å². The summed E-state index contributed by atoms with van der Waals surface area (Å²) in [6, 6.07) is 13.8. The summed E-state index contributed by atoms with van der Waals surface area (Å²) in [5.74, 6) is 0.938. The monoisotopic (exact) mass is 430 g/mol. The Hall–Kier alpha value is -3.61. The number of ether oxygens (including phenoxy) is 1. The minimum Gasteiger partial charge on any atom is -0.474 e. The highest BCUT2D eigenvalue weighted by Crippen LogP contribution is 2.32. The first-order valence-electron chi connectivity index (χ1n) is 11.0. The second kappa shape index (κ2) is 8.49. The van der Waals surface area contributed by atoms with E-state index < -0.39 is 0 Å². The zero-order valence-corrected chi connectivity index (χ0v) is 18.3. The van der Waals surface area contributed by atoms with Crippen LogP contribution in [-0.4, -0.2) is 44.5 Å². The molecular formula is C25H26N4O3.